The van der Waals surface area contributed by atoms with Crippen LogP contribution in [0.15, 0.2) is 12.1 Å². The molecule has 0 atom stereocenters. The van der Waals surface area contributed by atoms with Crippen molar-refractivity contribution < 1.29 is 0 Å². The third-order valence-corrected chi connectivity index (χ3v) is 4.58. The Balaban J connectivity index is 2.28. The van der Waals surface area contributed by atoms with Gasteiger partial charge in [-0.15, -0.1) is 22.7 Å². The molecular weight excluding hydrogens is 196 g/mol. The van der Waals surface area contributed by atoms with Crippen LogP contribution >= 0.6 is 22.7 Å². The van der Waals surface area contributed by atoms with Crippen LogP contribution in [0.1, 0.15) is 19.5 Å². The van der Waals surface area contributed by atoms with E-state index in [1.165, 1.54) is 27.3 Å². The molecule has 2 aromatic rings. The number of thiophene rings is 2. The number of aryl methyl sites for hydroxylation is 2. The molecule has 0 saturated carbocycles. The Morgan fingerprint density at radius 3 is 1.85 bits per heavy atom. The van der Waals surface area contributed by atoms with Crippen LogP contribution in [0.3, 0.4) is 0 Å². The average Bonchev–Trinajstić information content (AvgIpc) is 2.60. The minimum atomic E-state index is 1.18. The van der Waals surface area contributed by atoms with Gasteiger partial charge in [0.15, 0.2) is 0 Å². The van der Waals surface area contributed by atoms with E-state index in [9.17, 15) is 0 Å². The van der Waals surface area contributed by atoms with Crippen molar-refractivity contribution in [3.8, 4) is 11.1 Å². The van der Waals surface area contributed by atoms with Gasteiger partial charge in [-0.25, -0.2) is 0 Å². The Bertz CT molecular complexity index is 430. The fourth-order valence-electron chi connectivity index (χ4n) is 1.99. The predicted molar refractivity (Wildman–Crippen MR) is 59.9 cm³/mol. The predicted octanol–water partition coefficient (Wildman–Crippen LogP) is 4.00. The third-order valence-electron chi connectivity index (χ3n) is 2.48. The lowest BCUT2D eigenvalue weighted by molar-refractivity contribution is 1.38. The van der Waals surface area contributed by atoms with Gasteiger partial charge in [-0.1, -0.05) is 0 Å². The van der Waals surface area contributed by atoms with Crippen molar-refractivity contribution in [3.05, 3.63) is 31.6 Å². The Morgan fingerprint density at radius 1 is 0.923 bits per heavy atom. The standard InChI is InChI=1S/C11H10S2/c1-6-3-8-9-4-7(2)13-11(9)5-10(8)12-6/h3-4H,5H2,1-2H3. The van der Waals surface area contributed by atoms with Gasteiger partial charge in [0.05, 0.1) is 0 Å². The van der Waals surface area contributed by atoms with E-state index < -0.39 is 0 Å². The number of rotatable bonds is 0. The highest BCUT2D eigenvalue weighted by Crippen LogP contribution is 2.45. The van der Waals surface area contributed by atoms with Crippen LogP contribution in [0.4, 0.5) is 0 Å². The smallest absolute Gasteiger partial charge is 0.0179 e. The summed E-state index contributed by atoms with van der Waals surface area (Å²) in [6.45, 7) is 4.39. The first-order valence-corrected chi connectivity index (χ1v) is 6.06. The van der Waals surface area contributed by atoms with Crippen molar-refractivity contribution in [1.29, 1.82) is 0 Å². The van der Waals surface area contributed by atoms with Crippen molar-refractivity contribution in [2.75, 3.05) is 0 Å². The molecule has 0 N–H and O–H groups in total. The quantitative estimate of drug-likeness (QED) is 0.521. The van der Waals surface area contributed by atoms with E-state index in [1.54, 1.807) is 9.75 Å². The molecule has 0 amide bonds. The minimum absolute atomic E-state index is 1.18. The van der Waals surface area contributed by atoms with E-state index in [4.69, 9.17) is 0 Å². The van der Waals surface area contributed by atoms with Crippen LogP contribution in [0.25, 0.3) is 11.1 Å². The van der Waals surface area contributed by atoms with Crippen LogP contribution < -0.4 is 0 Å². The number of hydrogen-bond acceptors (Lipinski definition) is 2. The van der Waals surface area contributed by atoms with Gasteiger partial charge in [-0.2, -0.15) is 0 Å². The van der Waals surface area contributed by atoms with Gasteiger partial charge in [0, 0.05) is 25.9 Å². The molecule has 0 radical (unpaired) electrons. The zero-order valence-electron chi connectivity index (χ0n) is 7.68. The molecule has 2 heteroatoms. The summed E-state index contributed by atoms with van der Waals surface area (Å²) in [5.74, 6) is 0. The molecule has 2 aromatic heterocycles. The molecule has 66 valence electrons. The molecule has 0 fully saturated rings. The molecule has 1 aliphatic carbocycles. The SMILES string of the molecule is Cc1cc2c(s1)Cc1sc(C)cc1-2. The van der Waals surface area contributed by atoms with Crippen LogP contribution in [-0.4, -0.2) is 0 Å². The monoisotopic (exact) mass is 206 g/mol. The zero-order chi connectivity index (χ0) is 9.00. The first-order valence-electron chi connectivity index (χ1n) is 4.43. The van der Waals surface area contributed by atoms with Gasteiger partial charge in [-0.05, 0) is 37.1 Å². The second kappa shape index (κ2) is 2.46. The molecule has 3 rings (SSSR count). The van der Waals surface area contributed by atoms with E-state index in [1.807, 2.05) is 22.7 Å². The highest BCUT2D eigenvalue weighted by Gasteiger charge is 2.22. The highest BCUT2D eigenvalue weighted by atomic mass is 32.1. The molecule has 0 unspecified atom stereocenters. The van der Waals surface area contributed by atoms with Crippen molar-refractivity contribution in [2.24, 2.45) is 0 Å². The molecule has 0 aliphatic heterocycles. The molecule has 1 aliphatic rings. The molecule has 0 saturated heterocycles. The zero-order valence-corrected chi connectivity index (χ0v) is 9.31. The molecule has 2 heterocycles. The largest absolute Gasteiger partial charge is 0.145 e. The fourth-order valence-corrected chi connectivity index (χ4v) is 4.20. The van der Waals surface area contributed by atoms with Crippen LogP contribution in [0.2, 0.25) is 0 Å². The Morgan fingerprint density at radius 2 is 1.38 bits per heavy atom. The summed E-state index contributed by atoms with van der Waals surface area (Å²) in [7, 11) is 0. The minimum Gasteiger partial charge on any atom is -0.145 e. The molecular formula is C11H10S2. The van der Waals surface area contributed by atoms with Crippen molar-refractivity contribution in [1.82, 2.24) is 0 Å². The number of fused-ring (bicyclic) bond motifs is 3. The topological polar surface area (TPSA) is 0 Å². The molecule has 0 spiro atoms. The maximum Gasteiger partial charge on any atom is 0.0179 e. The van der Waals surface area contributed by atoms with Crippen LogP contribution in [-0.2, 0) is 6.42 Å². The lowest BCUT2D eigenvalue weighted by Crippen LogP contribution is -1.69. The van der Waals surface area contributed by atoms with Gasteiger partial charge in [0.2, 0.25) is 0 Å². The lowest BCUT2D eigenvalue weighted by Gasteiger charge is -1.86. The highest BCUT2D eigenvalue weighted by molar-refractivity contribution is 7.14. The van der Waals surface area contributed by atoms with Gasteiger partial charge in [0.1, 0.15) is 0 Å². The van der Waals surface area contributed by atoms with Gasteiger partial charge in [-0.3, -0.25) is 0 Å². The maximum atomic E-state index is 2.33. The molecule has 0 aromatic carbocycles. The van der Waals surface area contributed by atoms with Crippen LogP contribution in [0.5, 0.6) is 0 Å². The first kappa shape index (κ1) is 7.77. The number of hydrogen-bond donors (Lipinski definition) is 0. The van der Waals surface area contributed by atoms with Crippen molar-refractivity contribution >= 4 is 22.7 Å². The average molecular weight is 206 g/mol. The summed E-state index contributed by atoms with van der Waals surface area (Å²) < 4.78 is 0. The summed E-state index contributed by atoms with van der Waals surface area (Å²) in [5.41, 5.74) is 3.00. The van der Waals surface area contributed by atoms with E-state index >= 15 is 0 Å². The molecule has 13 heavy (non-hydrogen) atoms. The molecule has 0 nitrogen and oxygen atoms in total. The summed E-state index contributed by atoms with van der Waals surface area (Å²) >= 11 is 3.90. The summed E-state index contributed by atoms with van der Waals surface area (Å²) in [5, 5.41) is 0. The van der Waals surface area contributed by atoms with E-state index in [0.29, 0.717) is 0 Å². The summed E-state index contributed by atoms with van der Waals surface area (Å²) in [6, 6.07) is 4.66. The van der Waals surface area contributed by atoms with E-state index in [2.05, 4.69) is 26.0 Å². The molecule has 0 bridgehead atoms. The Hall–Kier alpha value is -0.600. The second-order valence-electron chi connectivity index (χ2n) is 3.56. The lowest BCUT2D eigenvalue weighted by atomic mass is 10.2. The van der Waals surface area contributed by atoms with Gasteiger partial charge >= 0.3 is 0 Å². The Kier molecular flexibility index (Phi) is 1.47. The maximum absolute atomic E-state index is 2.33. The van der Waals surface area contributed by atoms with Crippen molar-refractivity contribution in [3.63, 3.8) is 0 Å². The second-order valence-corrected chi connectivity index (χ2v) is 6.25. The van der Waals surface area contributed by atoms with Gasteiger partial charge < -0.3 is 0 Å². The fraction of sp³-hybridized carbons (Fsp3) is 0.273. The van der Waals surface area contributed by atoms with Crippen LogP contribution in [0, 0.1) is 13.8 Å². The first-order chi connectivity index (χ1) is 6.24. The van der Waals surface area contributed by atoms with Crippen molar-refractivity contribution in [2.45, 2.75) is 20.3 Å². The summed E-state index contributed by atoms with van der Waals surface area (Å²) in [4.78, 5) is 6.02. The summed E-state index contributed by atoms with van der Waals surface area (Å²) in [6.07, 6.45) is 1.18. The third kappa shape index (κ3) is 1.02. The van der Waals surface area contributed by atoms with E-state index in [0.717, 1.165) is 0 Å². The Labute approximate surface area is 85.9 Å². The normalized spacial score (nSPS) is 13.1. The van der Waals surface area contributed by atoms with E-state index in [-0.39, 0.29) is 0 Å². The van der Waals surface area contributed by atoms with Gasteiger partial charge in [0.25, 0.3) is 0 Å².